The molecule has 0 amide bonds. The Kier molecular flexibility index (Phi) is 8.48. The molecule has 0 saturated carbocycles. The summed E-state index contributed by atoms with van der Waals surface area (Å²) in [6.07, 6.45) is 1.17. The molecule has 0 saturated heterocycles. The van der Waals surface area contributed by atoms with Crippen molar-refractivity contribution < 1.29 is 0 Å². The van der Waals surface area contributed by atoms with E-state index < -0.39 is 0 Å². The molecular formula is C4H13NS. The second-order valence-corrected chi connectivity index (χ2v) is 2.14. The molecule has 0 aliphatic carbocycles. The summed E-state index contributed by atoms with van der Waals surface area (Å²) in [5, 5.41) is 0.579. The van der Waals surface area contributed by atoms with Gasteiger partial charge in [-0.3, -0.25) is 0 Å². The molecule has 0 aromatic rings. The van der Waals surface area contributed by atoms with Gasteiger partial charge in [-0.05, 0) is 11.7 Å². The van der Waals surface area contributed by atoms with Crippen LogP contribution in [0.2, 0.25) is 0 Å². The molecule has 0 aliphatic rings. The van der Waals surface area contributed by atoms with Crippen molar-refractivity contribution in [3.8, 4) is 0 Å². The van der Waals surface area contributed by atoms with Gasteiger partial charge in [-0.15, -0.1) is 0 Å². The first-order valence-corrected chi connectivity index (χ1v) is 2.47. The largest absolute Gasteiger partial charge is 0.344 e. The Balaban J connectivity index is 0. The molecule has 0 rings (SSSR count). The lowest BCUT2D eigenvalue weighted by atomic mass is 10.4. The molecule has 40 valence electrons. The van der Waals surface area contributed by atoms with E-state index >= 15 is 0 Å². The highest BCUT2D eigenvalue weighted by atomic mass is 32.1. The first kappa shape index (κ1) is 9.58. The van der Waals surface area contributed by atoms with E-state index in [1.165, 1.54) is 6.42 Å². The second kappa shape index (κ2) is 5.31. The lowest BCUT2D eigenvalue weighted by molar-refractivity contribution is 0.913. The van der Waals surface area contributed by atoms with Crippen LogP contribution in [-0.2, 0) is 0 Å². The average molecular weight is 107 g/mol. The van der Waals surface area contributed by atoms with Gasteiger partial charge >= 0.3 is 0 Å². The Labute approximate surface area is 45.1 Å². The molecule has 1 atom stereocenters. The van der Waals surface area contributed by atoms with E-state index in [-0.39, 0.29) is 6.15 Å². The molecule has 0 fully saturated rings. The van der Waals surface area contributed by atoms with Crippen molar-refractivity contribution in [1.82, 2.24) is 6.15 Å². The molecule has 0 aliphatic heterocycles. The summed E-state index contributed by atoms with van der Waals surface area (Å²) >= 11 is 4.10. The molecule has 1 unspecified atom stereocenters. The highest BCUT2D eigenvalue weighted by Gasteiger charge is 1.81. The predicted molar refractivity (Wildman–Crippen MR) is 33.8 cm³/mol. The topological polar surface area (TPSA) is 35.0 Å². The second-order valence-electron chi connectivity index (χ2n) is 1.26. The SMILES string of the molecule is CCC(C)S.N. The van der Waals surface area contributed by atoms with E-state index in [0.717, 1.165) is 0 Å². The first-order valence-electron chi connectivity index (χ1n) is 1.95. The Morgan fingerprint density at radius 3 is 1.83 bits per heavy atom. The fraction of sp³-hybridized carbons (Fsp3) is 1.00. The Bertz CT molecular complexity index is 21.5. The smallest absolute Gasteiger partial charge is 0.00142 e. The summed E-state index contributed by atoms with van der Waals surface area (Å²) < 4.78 is 0. The number of thiol groups is 1. The number of hydrogen-bond acceptors (Lipinski definition) is 2. The summed E-state index contributed by atoms with van der Waals surface area (Å²) in [6.45, 7) is 4.21. The van der Waals surface area contributed by atoms with Gasteiger partial charge in [0.05, 0.1) is 0 Å². The van der Waals surface area contributed by atoms with E-state index in [1.807, 2.05) is 0 Å². The lowest BCUT2D eigenvalue weighted by Crippen LogP contribution is -1.81. The van der Waals surface area contributed by atoms with Crippen molar-refractivity contribution in [3.63, 3.8) is 0 Å². The Morgan fingerprint density at radius 2 is 1.83 bits per heavy atom. The van der Waals surface area contributed by atoms with Crippen LogP contribution in [0.1, 0.15) is 20.3 Å². The molecule has 0 bridgehead atoms. The highest BCUT2D eigenvalue weighted by molar-refractivity contribution is 7.80. The lowest BCUT2D eigenvalue weighted by Gasteiger charge is -1.89. The van der Waals surface area contributed by atoms with Crippen molar-refractivity contribution in [2.24, 2.45) is 0 Å². The summed E-state index contributed by atoms with van der Waals surface area (Å²) in [5.41, 5.74) is 0. The molecular weight excluding hydrogens is 94.1 g/mol. The average Bonchev–Trinajstić information content (AvgIpc) is 1.38. The van der Waals surface area contributed by atoms with Crippen molar-refractivity contribution in [1.29, 1.82) is 0 Å². The highest BCUT2D eigenvalue weighted by Crippen LogP contribution is 1.94. The zero-order chi connectivity index (χ0) is 4.28. The standard InChI is InChI=1S/C4H10S.H3N/c1-3-4(2)5;/h4-5H,3H2,1-2H3;1H3. The van der Waals surface area contributed by atoms with Crippen LogP contribution in [0.5, 0.6) is 0 Å². The molecule has 0 radical (unpaired) electrons. The fourth-order valence-electron chi connectivity index (χ4n) is 0. The van der Waals surface area contributed by atoms with Crippen molar-refractivity contribution in [2.75, 3.05) is 0 Å². The van der Waals surface area contributed by atoms with Gasteiger partial charge in [0, 0.05) is 0 Å². The van der Waals surface area contributed by atoms with E-state index in [1.54, 1.807) is 0 Å². The van der Waals surface area contributed by atoms with Crippen molar-refractivity contribution in [3.05, 3.63) is 0 Å². The van der Waals surface area contributed by atoms with Gasteiger partial charge in [0.1, 0.15) is 0 Å². The van der Waals surface area contributed by atoms with Crippen LogP contribution in [0.15, 0.2) is 0 Å². The van der Waals surface area contributed by atoms with Gasteiger partial charge in [0.25, 0.3) is 0 Å². The van der Waals surface area contributed by atoms with Crippen LogP contribution in [0, 0.1) is 0 Å². The van der Waals surface area contributed by atoms with E-state index in [4.69, 9.17) is 0 Å². The Morgan fingerprint density at radius 1 is 1.67 bits per heavy atom. The van der Waals surface area contributed by atoms with Crippen molar-refractivity contribution >= 4 is 12.6 Å². The molecule has 0 aromatic carbocycles. The van der Waals surface area contributed by atoms with E-state index in [0.29, 0.717) is 5.25 Å². The maximum absolute atomic E-state index is 4.10. The van der Waals surface area contributed by atoms with Crippen LogP contribution < -0.4 is 6.15 Å². The fourth-order valence-corrected chi connectivity index (χ4v) is 0. The normalized spacial score (nSPS) is 12.5. The van der Waals surface area contributed by atoms with Crippen LogP contribution >= 0.6 is 12.6 Å². The van der Waals surface area contributed by atoms with Gasteiger partial charge in [-0.2, -0.15) is 12.6 Å². The van der Waals surface area contributed by atoms with Gasteiger partial charge in [0.2, 0.25) is 0 Å². The van der Waals surface area contributed by atoms with Gasteiger partial charge in [0.15, 0.2) is 0 Å². The zero-order valence-electron chi connectivity index (χ0n) is 4.44. The quantitative estimate of drug-likeness (QED) is 0.493. The summed E-state index contributed by atoms with van der Waals surface area (Å²) in [5.74, 6) is 0. The van der Waals surface area contributed by atoms with Crippen LogP contribution in [0.4, 0.5) is 0 Å². The maximum atomic E-state index is 4.10. The molecule has 1 nitrogen and oxygen atoms in total. The molecule has 3 N–H and O–H groups in total. The minimum Gasteiger partial charge on any atom is -0.344 e. The Hall–Kier alpha value is 0.310. The summed E-state index contributed by atoms with van der Waals surface area (Å²) in [6, 6.07) is 0. The minimum atomic E-state index is 0. The number of hydrogen-bond donors (Lipinski definition) is 2. The third-order valence-corrected chi connectivity index (χ3v) is 0.956. The molecule has 6 heavy (non-hydrogen) atoms. The van der Waals surface area contributed by atoms with Gasteiger partial charge in [-0.25, -0.2) is 0 Å². The van der Waals surface area contributed by atoms with Crippen molar-refractivity contribution in [2.45, 2.75) is 25.5 Å². The third-order valence-electron chi connectivity index (χ3n) is 0.591. The number of rotatable bonds is 1. The van der Waals surface area contributed by atoms with E-state index in [9.17, 15) is 0 Å². The van der Waals surface area contributed by atoms with Crippen LogP contribution in [0.3, 0.4) is 0 Å². The summed E-state index contributed by atoms with van der Waals surface area (Å²) in [4.78, 5) is 0. The minimum absolute atomic E-state index is 0. The molecule has 2 heteroatoms. The third kappa shape index (κ3) is 8.85. The molecule has 0 aromatic heterocycles. The maximum Gasteiger partial charge on any atom is -0.00142 e. The van der Waals surface area contributed by atoms with Gasteiger partial charge < -0.3 is 6.15 Å². The van der Waals surface area contributed by atoms with Crippen LogP contribution in [-0.4, -0.2) is 5.25 Å². The monoisotopic (exact) mass is 107 g/mol. The van der Waals surface area contributed by atoms with E-state index in [2.05, 4.69) is 26.5 Å². The van der Waals surface area contributed by atoms with Gasteiger partial charge in [-0.1, -0.05) is 13.8 Å². The first-order chi connectivity index (χ1) is 2.27. The predicted octanol–water partition coefficient (Wildman–Crippen LogP) is 1.88. The van der Waals surface area contributed by atoms with Crippen LogP contribution in [0.25, 0.3) is 0 Å². The molecule has 0 spiro atoms. The zero-order valence-corrected chi connectivity index (χ0v) is 5.33. The summed E-state index contributed by atoms with van der Waals surface area (Å²) in [7, 11) is 0. The molecule has 0 heterocycles.